The van der Waals surface area contributed by atoms with Gasteiger partial charge in [0.1, 0.15) is 13.2 Å². The molecule has 0 aromatic heterocycles. The van der Waals surface area contributed by atoms with Crippen LogP contribution in [0, 0.1) is 0 Å². The Hall–Kier alpha value is -2.63. The van der Waals surface area contributed by atoms with E-state index in [0.29, 0.717) is 19.3 Å². The third-order valence-electron chi connectivity index (χ3n) is 13.3. The van der Waals surface area contributed by atoms with Gasteiger partial charge in [-0.05, 0) is 77.0 Å². The molecule has 0 aromatic rings. The highest BCUT2D eigenvalue weighted by Crippen LogP contribution is 2.17. The molecule has 402 valence electrons. The first kappa shape index (κ1) is 66.4. The molecule has 0 amide bonds. The van der Waals surface area contributed by atoms with Gasteiger partial charge < -0.3 is 14.2 Å². The maximum atomic E-state index is 12.8. The number of carbonyl (C=O) groups excluding carboxylic acids is 3. The predicted molar refractivity (Wildman–Crippen MR) is 298 cm³/mol. The van der Waals surface area contributed by atoms with Crippen molar-refractivity contribution in [3.8, 4) is 0 Å². The Morgan fingerprint density at radius 1 is 0.304 bits per heavy atom. The van der Waals surface area contributed by atoms with Crippen LogP contribution < -0.4 is 0 Å². The number of hydrogen-bond donors (Lipinski definition) is 0. The summed E-state index contributed by atoms with van der Waals surface area (Å²) in [7, 11) is 0. The highest BCUT2D eigenvalue weighted by molar-refractivity contribution is 5.71. The minimum Gasteiger partial charge on any atom is -0.462 e. The van der Waals surface area contributed by atoms with Crippen LogP contribution in [0.3, 0.4) is 0 Å². The summed E-state index contributed by atoms with van der Waals surface area (Å²) in [6.07, 6.45) is 71.2. The van der Waals surface area contributed by atoms with Gasteiger partial charge >= 0.3 is 17.9 Å². The molecular weight excluding hydrogens is 853 g/mol. The summed E-state index contributed by atoms with van der Waals surface area (Å²) in [6.45, 7) is 6.53. The maximum absolute atomic E-state index is 12.8. The quantitative estimate of drug-likeness (QED) is 0.0262. The lowest BCUT2D eigenvalue weighted by molar-refractivity contribution is -0.167. The first-order chi connectivity index (χ1) is 34.0. The molecule has 0 saturated heterocycles. The van der Waals surface area contributed by atoms with Gasteiger partial charge in [-0.1, -0.05) is 268 Å². The van der Waals surface area contributed by atoms with Crippen molar-refractivity contribution in [2.45, 2.75) is 322 Å². The van der Waals surface area contributed by atoms with Crippen molar-refractivity contribution in [3.63, 3.8) is 0 Å². The van der Waals surface area contributed by atoms with Crippen LogP contribution in [0.15, 0.2) is 48.6 Å². The third-order valence-corrected chi connectivity index (χ3v) is 13.3. The van der Waals surface area contributed by atoms with Crippen LogP contribution in [0.25, 0.3) is 0 Å². The monoisotopic (exact) mass is 967 g/mol. The van der Waals surface area contributed by atoms with E-state index >= 15 is 0 Å². The first-order valence-electron chi connectivity index (χ1n) is 30.1. The molecule has 0 radical (unpaired) electrons. The molecule has 0 aliphatic heterocycles. The highest BCUT2D eigenvalue weighted by Gasteiger charge is 2.19. The molecule has 0 spiro atoms. The zero-order valence-corrected chi connectivity index (χ0v) is 46.1. The molecule has 6 heteroatoms. The molecule has 1 atom stereocenters. The van der Waals surface area contributed by atoms with Gasteiger partial charge in [-0.3, -0.25) is 14.4 Å². The number of hydrogen-bond acceptors (Lipinski definition) is 6. The summed E-state index contributed by atoms with van der Waals surface area (Å²) in [5.41, 5.74) is 0. The molecule has 0 aromatic carbocycles. The van der Waals surface area contributed by atoms with E-state index in [1.54, 1.807) is 0 Å². The number of unbranched alkanes of at least 4 members (excludes halogenated alkanes) is 36. The summed E-state index contributed by atoms with van der Waals surface area (Å²) in [4.78, 5) is 38.1. The second-order valence-electron chi connectivity index (χ2n) is 20.2. The van der Waals surface area contributed by atoms with Gasteiger partial charge in [0, 0.05) is 19.3 Å². The van der Waals surface area contributed by atoms with Gasteiger partial charge in [0.05, 0.1) is 0 Å². The SMILES string of the molecule is CC/C=C\C/C=C\C/C=C\CCCCCC(=O)OCC(COC(=O)CCCCCCCCCCCCCCCCCCCCCCCCC)OC(=O)CCCCCCC/C=C\CCCCCCCC. The molecule has 0 aliphatic rings. The van der Waals surface area contributed by atoms with Gasteiger partial charge in [0.2, 0.25) is 0 Å². The lowest BCUT2D eigenvalue weighted by Gasteiger charge is -2.18. The molecule has 6 nitrogen and oxygen atoms in total. The van der Waals surface area contributed by atoms with Crippen LogP contribution >= 0.6 is 0 Å². The summed E-state index contributed by atoms with van der Waals surface area (Å²) >= 11 is 0. The van der Waals surface area contributed by atoms with Crippen molar-refractivity contribution in [3.05, 3.63) is 48.6 Å². The topological polar surface area (TPSA) is 78.9 Å². The molecule has 1 unspecified atom stereocenters. The number of rotatable bonds is 55. The van der Waals surface area contributed by atoms with Gasteiger partial charge in [-0.15, -0.1) is 0 Å². The van der Waals surface area contributed by atoms with Crippen LogP contribution in [0.2, 0.25) is 0 Å². The second kappa shape index (κ2) is 57.9. The van der Waals surface area contributed by atoms with E-state index in [1.807, 2.05) is 0 Å². The third kappa shape index (κ3) is 56.2. The summed E-state index contributed by atoms with van der Waals surface area (Å²) in [6, 6.07) is 0. The molecule has 0 saturated carbocycles. The molecule has 0 N–H and O–H groups in total. The first-order valence-corrected chi connectivity index (χ1v) is 30.1. The Morgan fingerprint density at radius 3 is 0.913 bits per heavy atom. The lowest BCUT2D eigenvalue weighted by atomic mass is 10.0. The molecule has 0 rings (SSSR count). The van der Waals surface area contributed by atoms with E-state index in [0.717, 1.165) is 96.3 Å². The standard InChI is InChI=1S/C63H114O6/c1-4-7-10-13-16-19-22-25-27-28-29-30-31-32-33-34-36-38-41-44-47-50-53-56-62(65)68-59-60(58-67-61(64)55-52-49-46-43-40-37-24-21-18-15-12-9-6-3)69-63(66)57-54-51-48-45-42-39-35-26-23-20-17-14-11-8-5-2/h9,12,18,21,26,35,37,40,60H,4-8,10-11,13-17,19-20,22-25,27-34,36,38-39,41-59H2,1-3H3/b12-9-,21-18-,35-26-,40-37-. The van der Waals surface area contributed by atoms with Gasteiger partial charge in [-0.25, -0.2) is 0 Å². The molecule has 0 fully saturated rings. The Kier molecular flexibility index (Phi) is 55.7. The number of esters is 3. The van der Waals surface area contributed by atoms with Crippen molar-refractivity contribution in [2.75, 3.05) is 13.2 Å². The second-order valence-corrected chi connectivity index (χ2v) is 20.2. The smallest absolute Gasteiger partial charge is 0.306 e. The average molecular weight is 968 g/mol. The van der Waals surface area contributed by atoms with Crippen molar-refractivity contribution < 1.29 is 28.6 Å². The zero-order valence-electron chi connectivity index (χ0n) is 46.1. The molecule has 0 aliphatic carbocycles. The van der Waals surface area contributed by atoms with Crippen molar-refractivity contribution in [1.29, 1.82) is 0 Å². The predicted octanol–water partition coefficient (Wildman–Crippen LogP) is 20.2. The van der Waals surface area contributed by atoms with Crippen LogP contribution in [-0.2, 0) is 28.6 Å². The lowest BCUT2D eigenvalue weighted by Crippen LogP contribution is -2.30. The summed E-state index contributed by atoms with van der Waals surface area (Å²) < 4.78 is 16.9. The van der Waals surface area contributed by atoms with Crippen LogP contribution in [0.5, 0.6) is 0 Å². The minimum atomic E-state index is -0.787. The van der Waals surface area contributed by atoms with Gasteiger partial charge in [-0.2, -0.15) is 0 Å². The van der Waals surface area contributed by atoms with Gasteiger partial charge in [0.15, 0.2) is 6.10 Å². The van der Waals surface area contributed by atoms with E-state index in [2.05, 4.69) is 69.4 Å². The van der Waals surface area contributed by atoms with E-state index < -0.39 is 6.10 Å². The van der Waals surface area contributed by atoms with Crippen molar-refractivity contribution in [1.82, 2.24) is 0 Å². The highest BCUT2D eigenvalue weighted by atomic mass is 16.6. The number of ether oxygens (including phenoxy) is 3. The Bertz CT molecular complexity index is 1200. The molecule has 0 bridgehead atoms. The fraction of sp³-hybridized carbons (Fsp3) is 0.825. The fourth-order valence-corrected chi connectivity index (χ4v) is 8.81. The van der Waals surface area contributed by atoms with Gasteiger partial charge in [0.25, 0.3) is 0 Å². The number of carbonyl (C=O) groups is 3. The van der Waals surface area contributed by atoms with Crippen molar-refractivity contribution >= 4 is 17.9 Å². The summed E-state index contributed by atoms with van der Waals surface area (Å²) in [5.74, 6) is -0.906. The molecule has 0 heterocycles. The van der Waals surface area contributed by atoms with E-state index in [9.17, 15) is 14.4 Å². The average Bonchev–Trinajstić information content (AvgIpc) is 3.35. The Balaban J connectivity index is 4.28. The number of allylic oxidation sites excluding steroid dienone is 8. The Labute approximate surface area is 428 Å². The van der Waals surface area contributed by atoms with Crippen molar-refractivity contribution in [2.24, 2.45) is 0 Å². The van der Waals surface area contributed by atoms with E-state index in [1.165, 1.54) is 180 Å². The Morgan fingerprint density at radius 2 is 0.565 bits per heavy atom. The normalized spacial score (nSPS) is 12.3. The molecule has 69 heavy (non-hydrogen) atoms. The van der Waals surface area contributed by atoms with Crippen LogP contribution in [0.1, 0.15) is 316 Å². The zero-order chi connectivity index (χ0) is 50.0. The molecular formula is C63H114O6. The summed E-state index contributed by atoms with van der Waals surface area (Å²) in [5, 5.41) is 0. The largest absolute Gasteiger partial charge is 0.462 e. The van der Waals surface area contributed by atoms with Crippen LogP contribution in [-0.4, -0.2) is 37.2 Å². The minimum absolute atomic E-state index is 0.0828. The van der Waals surface area contributed by atoms with E-state index in [4.69, 9.17) is 14.2 Å². The van der Waals surface area contributed by atoms with Crippen LogP contribution in [0.4, 0.5) is 0 Å². The fourth-order valence-electron chi connectivity index (χ4n) is 8.81. The maximum Gasteiger partial charge on any atom is 0.306 e. The van der Waals surface area contributed by atoms with E-state index in [-0.39, 0.29) is 31.1 Å².